The summed E-state index contributed by atoms with van der Waals surface area (Å²) in [5.41, 5.74) is 3.94. The zero-order valence-corrected chi connectivity index (χ0v) is 18.6. The average Bonchev–Trinajstić information content (AvgIpc) is 3.07. The number of carbonyl (C=O) groups excluding carboxylic acids is 1. The molecule has 1 amide bonds. The molecule has 1 aromatic carbocycles. The number of nitrogens with one attached hydrogen (secondary N) is 1. The SMILES string of the molecule is Cc1ccc(Nc2cc(C)nc(N3CCN(C(=O)c4sc(C)nc4C)CC3)n2)cc1. The van der Waals surface area contributed by atoms with Gasteiger partial charge in [0.2, 0.25) is 5.95 Å². The zero-order valence-electron chi connectivity index (χ0n) is 17.8. The summed E-state index contributed by atoms with van der Waals surface area (Å²) in [5, 5.41) is 4.29. The van der Waals surface area contributed by atoms with Crippen molar-refractivity contribution in [3.8, 4) is 0 Å². The van der Waals surface area contributed by atoms with Gasteiger partial charge in [-0.2, -0.15) is 4.98 Å². The number of carbonyl (C=O) groups is 1. The summed E-state index contributed by atoms with van der Waals surface area (Å²) in [7, 11) is 0. The Kier molecular flexibility index (Phi) is 5.67. The van der Waals surface area contributed by atoms with Crippen LogP contribution in [0.4, 0.5) is 17.5 Å². The highest BCUT2D eigenvalue weighted by Gasteiger charge is 2.26. The van der Waals surface area contributed by atoms with Crippen LogP contribution in [0.25, 0.3) is 0 Å². The van der Waals surface area contributed by atoms with E-state index in [9.17, 15) is 4.79 Å². The number of rotatable bonds is 4. The third-order valence-corrected chi connectivity index (χ3v) is 6.17. The fourth-order valence-corrected chi connectivity index (χ4v) is 4.41. The minimum Gasteiger partial charge on any atom is -0.340 e. The van der Waals surface area contributed by atoms with Crippen LogP contribution < -0.4 is 10.2 Å². The Hall–Kier alpha value is -3.00. The Morgan fingerprint density at radius 1 is 0.967 bits per heavy atom. The predicted octanol–water partition coefficient (Wildman–Crippen LogP) is 3.87. The van der Waals surface area contributed by atoms with E-state index in [1.807, 2.05) is 43.9 Å². The molecule has 30 heavy (non-hydrogen) atoms. The van der Waals surface area contributed by atoms with E-state index < -0.39 is 0 Å². The van der Waals surface area contributed by atoms with Crippen molar-refractivity contribution in [2.45, 2.75) is 27.7 Å². The van der Waals surface area contributed by atoms with Gasteiger partial charge in [0.15, 0.2) is 0 Å². The molecule has 0 unspecified atom stereocenters. The lowest BCUT2D eigenvalue weighted by molar-refractivity contribution is 0.0750. The fourth-order valence-electron chi connectivity index (χ4n) is 3.53. The Labute approximate surface area is 180 Å². The van der Waals surface area contributed by atoms with Crippen LogP contribution >= 0.6 is 11.3 Å². The number of aryl methyl sites for hydroxylation is 4. The van der Waals surface area contributed by atoms with Crippen molar-refractivity contribution in [2.75, 3.05) is 36.4 Å². The fraction of sp³-hybridized carbons (Fsp3) is 0.364. The molecule has 2 aromatic heterocycles. The van der Waals surface area contributed by atoms with E-state index in [0.29, 0.717) is 32.1 Å². The first-order chi connectivity index (χ1) is 14.4. The Balaban J connectivity index is 1.44. The van der Waals surface area contributed by atoms with Gasteiger partial charge in [0.05, 0.1) is 10.7 Å². The van der Waals surface area contributed by atoms with Gasteiger partial charge in [-0.05, 0) is 39.8 Å². The van der Waals surface area contributed by atoms with Crippen molar-refractivity contribution < 1.29 is 4.79 Å². The second-order valence-electron chi connectivity index (χ2n) is 7.61. The minimum atomic E-state index is 0.0737. The summed E-state index contributed by atoms with van der Waals surface area (Å²) < 4.78 is 0. The maximum atomic E-state index is 12.8. The number of amides is 1. The van der Waals surface area contributed by atoms with Gasteiger partial charge in [0.1, 0.15) is 10.7 Å². The number of piperazine rings is 1. The molecular formula is C22H26N6OS. The molecule has 7 nitrogen and oxygen atoms in total. The van der Waals surface area contributed by atoms with Crippen LogP contribution in [0.2, 0.25) is 0 Å². The first-order valence-corrected chi connectivity index (χ1v) is 10.9. The van der Waals surface area contributed by atoms with Crippen LogP contribution in [0, 0.1) is 27.7 Å². The normalized spacial score (nSPS) is 14.1. The molecule has 8 heteroatoms. The van der Waals surface area contributed by atoms with E-state index >= 15 is 0 Å². The first-order valence-electron chi connectivity index (χ1n) is 10.1. The molecule has 0 bridgehead atoms. The molecule has 1 aliphatic heterocycles. The molecule has 156 valence electrons. The van der Waals surface area contributed by atoms with Crippen molar-refractivity contribution in [3.05, 3.63) is 57.2 Å². The summed E-state index contributed by atoms with van der Waals surface area (Å²) in [6.07, 6.45) is 0. The molecule has 0 saturated carbocycles. The quantitative estimate of drug-likeness (QED) is 0.688. The number of aromatic nitrogens is 3. The summed E-state index contributed by atoms with van der Waals surface area (Å²) in [6, 6.07) is 10.2. The van der Waals surface area contributed by atoms with Crippen LogP contribution in [0.1, 0.15) is 31.6 Å². The Bertz CT molecular complexity index is 1050. The number of anilines is 3. The molecule has 1 fully saturated rings. The van der Waals surface area contributed by atoms with Crippen LogP contribution in [-0.2, 0) is 0 Å². The molecule has 3 heterocycles. The first kappa shape index (κ1) is 20.3. The highest BCUT2D eigenvalue weighted by Crippen LogP contribution is 2.22. The smallest absolute Gasteiger partial charge is 0.265 e. The van der Waals surface area contributed by atoms with Crippen molar-refractivity contribution in [2.24, 2.45) is 0 Å². The number of benzene rings is 1. The summed E-state index contributed by atoms with van der Waals surface area (Å²) in [6.45, 7) is 10.6. The van der Waals surface area contributed by atoms with E-state index in [1.165, 1.54) is 16.9 Å². The third kappa shape index (κ3) is 4.43. The second-order valence-corrected chi connectivity index (χ2v) is 8.82. The Morgan fingerprint density at radius 3 is 2.30 bits per heavy atom. The molecular weight excluding hydrogens is 396 g/mol. The van der Waals surface area contributed by atoms with Crippen molar-refractivity contribution in [1.29, 1.82) is 0 Å². The van der Waals surface area contributed by atoms with Crippen molar-refractivity contribution in [3.63, 3.8) is 0 Å². The molecule has 0 atom stereocenters. The zero-order chi connectivity index (χ0) is 21.3. The molecule has 0 spiro atoms. The maximum absolute atomic E-state index is 12.8. The van der Waals surface area contributed by atoms with Crippen LogP contribution in [0.3, 0.4) is 0 Å². The van der Waals surface area contributed by atoms with E-state index in [1.54, 1.807) is 0 Å². The topological polar surface area (TPSA) is 74.2 Å². The lowest BCUT2D eigenvalue weighted by Gasteiger charge is -2.34. The molecule has 1 N–H and O–H groups in total. The Morgan fingerprint density at radius 2 is 1.67 bits per heavy atom. The van der Waals surface area contributed by atoms with Gasteiger partial charge < -0.3 is 15.1 Å². The van der Waals surface area contributed by atoms with Crippen molar-refractivity contribution in [1.82, 2.24) is 19.9 Å². The lowest BCUT2D eigenvalue weighted by Crippen LogP contribution is -2.49. The molecule has 1 saturated heterocycles. The summed E-state index contributed by atoms with van der Waals surface area (Å²) in [5.74, 6) is 1.54. The monoisotopic (exact) mass is 422 g/mol. The highest BCUT2D eigenvalue weighted by atomic mass is 32.1. The molecule has 4 rings (SSSR count). The van der Waals surface area contributed by atoms with Crippen molar-refractivity contribution >= 4 is 34.7 Å². The van der Waals surface area contributed by atoms with Crippen LogP contribution in [-0.4, -0.2) is 51.9 Å². The van der Waals surface area contributed by atoms with Gasteiger partial charge in [-0.3, -0.25) is 4.79 Å². The number of thiazole rings is 1. The molecule has 0 radical (unpaired) electrons. The number of nitrogens with zero attached hydrogens (tertiary/aromatic N) is 5. The minimum absolute atomic E-state index is 0.0737. The maximum Gasteiger partial charge on any atom is 0.265 e. The van der Waals surface area contributed by atoms with Gasteiger partial charge >= 0.3 is 0 Å². The molecule has 3 aromatic rings. The molecule has 1 aliphatic rings. The van der Waals surface area contributed by atoms with Gasteiger partial charge in [-0.25, -0.2) is 9.97 Å². The largest absolute Gasteiger partial charge is 0.340 e. The van der Waals surface area contributed by atoms with E-state index in [2.05, 4.69) is 39.2 Å². The summed E-state index contributed by atoms with van der Waals surface area (Å²) in [4.78, 5) is 31.4. The summed E-state index contributed by atoms with van der Waals surface area (Å²) >= 11 is 1.47. The number of hydrogen-bond acceptors (Lipinski definition) is 7. The number of hydrogen-bond donors (Lipinski definition) is 1. The van der Waals surface area contributed by atoms with E-state index in [4.69, 9.17) is 4.98 Å². The van der Waals surface area contributed by atoms with Gasteiger partial charge in [0, 0.05) is 43.6 Å². The third-order valence-electron chi connectivity index (χ3n) is 5.11. The van der Waals surface area contributed by atoms with Gasteiger partial charge in [-0.15, -0.1) is 11.3 Å². The van der Waals surface area contributed by atoms with E-state index in [0.717, 1.165) is 32.8 Å². The van der Waals surface area contributed by atoms with Crippen LogP contribution in [0.15, 0.2) is 30.3 Å². The second kappa shape index (κ2) is 8.39. The average molecular weight is 423 g/mol. The predicted molar refractivity (Wildman–Crippen MR) is 121 cm³/mol. The van der Waals surface area contributed by atoms with Gasteiger partial charge in [-0.1, -0.05) is 17.7 Å². The van der Waals surface area contributed by atoms with E-state index in [-0.39, 0.29) is 5.91 Å². The lowest BCUT2D eigenvalue weighted by atomic mass is 10.2. The van der Waals surface area contributed by atoms with Crippen LogP contribution in [0.5, 0.6) is 0 Å². The standard InChI is InChI=1S/C22H26N6OS/c1-14-5-7-18(8-6-14)25-19-13-15(2)23-22(26-19)28-11-9-27(10-12-28)21(29)20-16(3)24-17(4)30-20/h5-8,13H,9-12H2,1-4H3,(H,23,25,26). The highest BCUT2D eigenvalue weighted by molar-refractivity contribution is 7.13. The molecule has 0 aliphatic carbocycles. The van der Waals surface area contributed by atoms with Gasteiger partial charge in [0.25, 0.3) is 5.91 Å².